The fourth-order valence-corrected chi connectivity index (χ4v) is 2.62. The Labute approximate surface area is 148 Å². The maximum Gasteiger partial charge on any atom is 0.277 e. The summed E-state index contributed by atoms with van der Waals surface area (Å²) in [6, 6.07) is 10.1. The highest BCUT2D eigenvalue weighted by molar-refractivity contribution is 14.1. The molecule has 2 aromatic rings. The van der Waals surface area contributed by atoms with Crippen molar-refractivity contribution in [1.29, 1.82) is 0 Å². The molecule has 23 heavy (non-hydrogen) atoms. The van der Waals surface area contributed by atoms with E-state index in [1.807, 2.05) is 25.1 Å². The zero-order valence-electron chi connectivity index (χ0n) is 13.1. The number of nitrogens with one attached hydrogen (secondary N) is 2. The Balaban J connectivity index is 2.32. The van der Waals surface area contributed by atoms with E-state index in [-0.39, 0.29) is 17.4 Å². The molecule has 0 atom stereocenters. The number of hydrogen-bond donors (Lipinski definition) is 2. The summed E-state index contributed by atoms with van der Waals surface area (Å²) in [6.07, 6.45) is -0.164. The van der Waals surface area contributed by atoms with Crippen LogP contribution in [0.5, 0.6) is 0 Å². The number of rotatable bonds is 5. The summed E-state index contributed by atoms with van der Waals surface area (Å²) >= 11 is 2.21. The van der Waals surface area contributed by atoms with Crippen LogP contribution in [0.3, 0.4) is 0 Å². The van der Waals surface area contributed by atoms with Gasteiger partial charge in [0.25, 0.3) is 5.91 Å². The molecular weight excluding hydrogens is 410 g/mol. The van der Waals surface area contributed by atoms with E-state index < -0.39 is 11.7 Å². The summed E-state index contributed by atoms with van der Waals surface area (Å²) in [6.45, 7) is 5.51. The Bertz CT molecular complexity index is 720. The number of amides is 1. The van der Waals surface area contributed by atoms with Gasteiger partial charge in [0.1, 0.15) is 5.82 Å². The molecule has 0 aliphatic rings. The maximum atomic E-state index is 14.2. The van der Waals surface area contributed by atoms with Gasteiger partial charge in [0.15, 0.2) is 0 Å². The van der Waals surface area contributed by atoms with Crippen molar-refractivity contribution in [2.45, 2.75) is 26.9 Å². The molecule has 0 saturated carbocycles. The molecule has 0 unspecified atom stereocenters. The second-order valence-corrected chi connectivity index (χ2v) is 6.59. The van der Waals surface area contributed by atoms with E-state index in [4.69, 9.17) is 4.84 Å². The molecule has 0 heterocycles. The average Bonchev–Trinajstić information content (AvgIpc) is 2.49. The van der Waals surface area contributed by atoms with Gasteiger partial charge < -0.3 is 5.32 Å². The van der Waals surface area contributed by atoms with Crippen molar-refractivity contribution in [3.05, 3.63) is 56.9 Å². The van der Waals surface area contributed by atoms with Crippen LogP contribution in [0.4, 0.5) is 15.8 Å². The Morgan fingerprint density at radius 2 is 2.00 bits per heavy atom. The summed E-state index contributed by atoms with van der Waals surface area (Å²) in [4.78, 5) is 17.3. The lowest BCUT2D eigenvalue weighted by atomic mass is 10.1. The van der Waals surface area contributed by atoms with Gasteiger partial charge in [-0.15, -0.1) is 0 Å². The number of carbonyl (C=O) groups is 1. The lowest BCUT2D eigenvalue weighted by Gasteiger charge is -2.15. The number of para-hydroxylation sites is 1. The summed E-state index contributed by atoms with van der Waals surface area (Å²) in [7, 11) is 0. The number of aryl methyl sites for hydroxylation is 1. The quantitative estimate of drug-likeness (QED) is 0.543. The second kappa shape index (κ2) is 7.74. The van der Waals surface area contributed by atoms with Crippen LogP contribution in [0.2, 0.25) is 0 Å². The number of halogens is 2. The topological polar surface area (TPSA) is 50.4 Å². The van der Waals surface area contributed by atoms with Crippen LogP contribution in [0.1, 0.15) is 29.8 Å². The largest absolute Gasteiger partial charge is 0.352 e. The Morgan fingerprint density at radius 1 is 1.26 bits per heavy atom. The molecule has 122 valence electrons. The molecule has 4 nitrogen and oxygen atoms in total. The van der Waals surface area contributed by atoms with E-state index in [1.54, 1.807) is 19.9 Å². The average molecular weight is 428 g/mol. The number of benzene rings is 2. The lowest BCUT2D eigenvalue weighted by molar-refractivity contribution is 0.000228. The minimum absolute atomic E-state index is 0.127. The second-order valence-electron chi connectivity index (χ2n) is 5.34. The van der Waals surface area contributed by atoms with Crippen molar-refractivity contribution in [3.63, 3.8) is 0 Å². The lowest BCUT2D eigenvalue weighted by Crippen LogP contribution is -2.27. The minimum atomic E-state index is -0.500. The van der Waals surface area contributed by atoms with Crippen molar-refractivity contribution >= 4 is 39.9 Å². The molecule has 0 fully saturated rings. The summed E-state index contributed by atoms with van der Waals surface area (Å²) in [5.74, 6) is -0.996. The molecule has 0 aromatic heterocycles. The van der Waals surface area contributed by atoms with Crippen molar-refractivity contribution in [2.75, 3.05) is 5.32 Å². The fraction of sp³-hybridized carbons (Fsp3) is 0.235. The van der Waals surface area contributed by atoms with Crippen molar-refractivity contribution < 1.29 is 14.0 Å². The normalized spacial score (nSPS) is 10.7. The molecule has 0 aliphatic heterocycles. The molecule has 2 rings (SSSR count). The first-order chi connectivity index (χ1) is 10.9. The zero-order valence-corrected chi connectivity index (χ0v) is 15.3. The number of anilines is 2. The third-order valence-electron chi connectivity index (χ3n) is 3.09. The predicted molar refractivity (Wildman–Crippen MR) is 97.3 cm³/mol. The number of hydrogen-bond acceptors (Lipinski definition) is 3. The molecule has 0 bridgehead atoms. The highest BCUT2D eigenvalue weighted by Crippen LogP contribution is 2.27. The molecule has 0 saturated heterocycles. The van der Waals surface area contributed by atoms with Gasteiger partial charge >= 0.3 is 0 Å². The summed E-state index contributed by atoms with van der Waals surface area (Å²) < 4.78 is 15.3. The van der Waals surface area contributed by atoms with Gasteiger partial charge in [-0.05, 0) is 79.3 Å². The van der Waals surface area contributed by atoms with Crippen LogP contribution in [-0.4, -0.2) is 12.0 Å². The van der Waals surface area contributed by atoms with Gasteiger partial charge in [0, 0.05) is 9.26 Å². The maximum absolute atomic E-state index is 14.2. The Hall–Kier alpha value is -1.67. The van der Waals surface area contributed by atoms with E-state index in [0.717, 1.165) is 14.8 Å². The van der Waals surface area contributed by atoms with Gasteiger partial charge in [-0.2, -0.15) is 0 Å². The molecule has 0 radical (unpaired) electrons. The third kappa shape index (κ3) is 4.65. The standard InChI is InChI=1S/C17H18FIN2O2/c1-10(2)23-21-17(22)13-5-4-6-14(18)16(13)20-15-8-7-12(19)9-11(15)3/h4-10,20H,1-3H3,(H,21,22). The van der Waals surface area contributed by atoms with Crippen LogP contribution in [0, 0.1) is 16.3 Å². The van der Waals surface area contributed by atoms with Crippen LogP contribution in [0.25, 0.3) is 0 Å². The highest BCUT2D eigenvalue weighted by atomic mass is 127. The van der Waals surface area contributed by atoms with Crippen LogP contribution >= 0.6 is 22.6 Å². The van der Waals surface area contributed by atoms with Crippen molar-refractivity contribution in [3.8, 4) is 0 Å². The van der Waals surface area contributed by atoms with Crippen LogP contribution in [-0.2, 0) is 4.84 Å². The van der Waals surface area contributed by atoms with Crippen LogP contribution in [0.15, 0.2) is 36.4 Å². The number of hydroxylamine groups is 1. The van der Waals surface area contributed by atoms with Crippen molar-refractivity contribution in [2.24, 2.45) is 0 Å². The first-order valence-corrected chi connectivity index (χ1v) is 8.24. The van der Waals surface area contributed by atoms with E-state index in [1.165, 1.54) is 12.1 Å². The van der Waals surface area contributed by atoms with Crippen LogP contribution < -0.4 is 10.8 Å². The zero-order chi connectivity index (χ0) is 17.0. The van der Waals surface area contributed by atoms with E-state index in [2.05, 4.69) is 33.4 Å². The smallest absolute Gasteiger partial charge is 0.277 e. The molecule has 0 spiro atoms. The van der Waals surface area contributed by atoms with Gasteiger partial charge in [-0.25, -0.2) is 9.87 Å². The highest BCUT2D eigenvalue weighted by Gasteiger charge is 2.16. The first-order valence-electron chi connectivity index (χ1n) is 7.16. The van der Waals surface area contributed by atoms with E-state index in [9.17, 15) is 9.18 Å². The molecule has 1 amide bonds. The van der Waals surface area contributed by atoms with Gasteiger partial charge in [0.05, 0.1) is 17.4 Å². The van der Waals surface area contributed by atoms with E-state index >= 15 is 0 Å². The van der Waals surface area contributed by atoms with Gasteiger partial charge in [-0.3, -0.25) is 9.63 Å². The molecule has 2 aromatic carbocycles. The van der Waals surface area contributed by atoms with E-state index in [0.29, 0.717) is 0 Å². The Kier molecular flexibility index (Phi) is 5.95. The summed E-state index contributed by atoms with van der Waals surface area (Å²) in [5, 5.41) is 3.01. The van der Waals surface area contributed by atoms with Gasteiger partial charge in [0.2, 0.25) is 0 Å². The monoisotopic (exact) mass is 428 g/mol. The fourth-order valence-electron chi connectivity index (χ4n) is 1.97. The Morgan fingerprint density at radius 3 is 2.65 bits per heavy atom. The van der Waals surface area contributed by atoms with Crippen molar-refractivity contribution in [1.82, 2.24) is 5.48 Å². The first kappa shape index (κ1) is 17.7. The number of carbonyl (C=O) groups excluding carboxylic acids is 1. The summed E-state index contributed by atoms with van der Waals surface area (Å²) in [5.41, 5.74) is 4.35. The molecule has 6 heteroatoms. The molecular formula is C17H18FIN2O2. The minimum Gasteiger partial charge on any atom is -0.352 e. The molecule has 0 aliphatic carbocycles. The predicted octanol–water partition coefficient (Wildman–Crippen LogP) is 4.55. The molecule has 2 N–H and O–H groups in total. The third-order valence-corrected chi connectivity index (χ3v) is 3.76. The SMILES string of the molecule is Cc1cc(I)ccc1Nc1c(F)cccc1C(=O)NOC(C)C. The van der Waals surface area contributed by atoms with Gasteiger partial charge in [-0.1, -0.05) is 6.07 Å².